The minimum absolute atomic E-state index is 0.0224. The molecule has 1 saturated heterocycles. The van der Waals surface area contributed by atoms with Crippen LogP contribution >= 0.6 is 11.6 Å². The second kappa shape index (κ2) is 5.38. The van der Waals surface area contributed by atoms with E-state index in [-0.39, 0.29) is 5.91 Å². The van der Waals surface area contributed by atoms with E-state index in [1.807, 2.05) is 4.90 Å². The maximum atomic E-state index is 12.3. The average molecular weight is 255 g/mol. The van der Waals surface area contributed by atoms with Crippen molar-refractivity contribution in [2.45, 2.75) is 0 Å². The molecule has 0 aliphatic carbocycles. The zero-order chi connectivity index (χ0) is 12.3. The molecule has 1 amide bonds. The zero-order valence-electron chi connectivity index (χ0n) is 9.70. The normalized spacial score (nSPS) is 15.8. The van der Waals surface area contributed by atoms with Crippen molar-refractivity contribution in [3.8, 4) is 5.75 Å². The number of amides is 1. The van der Waals surface area contributed by atoms with Gasteiger partial charge in [0.2, 0.25) is 0 Å². The number of nitrogens with zero attached hydrogens (tertiary/aromatic N) is 1. The maximum Gasteiger partial charge on any atom is 0.257 e. The minimum Gasteiger partial charge on any atom is -0.496 e. The summed E-state index contributed by atoms with van der Waals surface area (Å²) in [4.78, 5) is 14.1. The van der Waals surface area contributed by atoms with Gasteiger partial charge in [-0.25, -0.2) is 0 Å². The topological polar surface area (TPSA) is 41.6 Å². The molecule has 17 heavy (non-hydrogen) atoms. The number of methoxy groups -OCH3 is 1. The average Bonchev–Trinajstić information content (AvgIpc) is 2.39. The molecule has 0 unspecified atom stereocenters. The van der Waals surface area contributed by atoms with Crippen molar-refractivity contribution >= 4 is 17.5 Å². The molecular formula is C12H15ClN2O2. The predicted octanol–water partition coefficient (Wildman–Crippen LogP) is 1.39. The van der Waals surface area contributed by atoms with Gasteiger partial charge in [-0.2, -0.15) is 0 Å². The number of rotatable bonds is 2. The fourth-order valence-electron chi connectivity index (χ4n) is 1.89. The van der Waals surface area contributed by atoms with Crippen LogP contribution in [-0.4, -0.2) is 44.1 Å². The first-order chi connectivity index (χ1) is 8.22. The van der Waals surface area contributed by atoms with Crippen LogP contribution in [0, 0.1) is 0 Å². The van der Waals surface area contributed by atoms with Gasteiger partial charge in [0.05, 0.1) is 12.7 Å². The van der Waals surface area contributed by atoms with Crippen molar-refractivity contribution in [3.63, 3.8) is 0 Å². The quantitative estimate of drug-likeness (QED) is 0.867. The van der Waals surface area contributed by atoms with E-state index in [1.165, 1.54) is 0 Å². The van der Waals surface area contributed by atoms with Crippen molar-refractivity contribution in [2.24, 2.45) is 0 Å². The van der Waals surface area contributed by atoms with Gasteiger partial charge in [0.25, 0.3) is 5.91 Å². The molecule has 0 saturated carbocycles. The van der Waals surface area contributed by atoms with Crippen LogP contribution < -0.4 is 10.1 Å². The number of ether oxygens (including phenoxy) is 1. The van der Waals surface area contributed by atoms with Gasteiger partial charge in [0.1, 0.15) is 5.75 Å². The SMILES string of the molecule is COc1ccc(Cl)cc1C(=O)N1CCNCC1. The molecule has 0 radical (unpaired) electrons. The summed E-state index contributed by atoms with van der Waals surface area (Å²) in [5.74, 6) is 0.545. The Morgan fingerprint density at radius 3 is 2.76 bits per heavy atom. The summed E-state index contributed by atoms with van der Waals surface area (Å²) in [6.07, 6.45) is 0. The van der Waals surface area contributed by atoms with Gasteiger partial charge in [-0.1, -0.05) is 11.6 Å². The zero-order valence-corrected chi connectivity index (χ0v) is 10.5. The monoisotopic (exact) mass is 254 g/mol. The summed E-state index contributed by atoms with van der Waals surface area (Å²) in [6, 6.07) is 5.09. The Balaban J connectivity index is 2.25. The molecule has 5 heteroatoms. The number of nitrogens with one attached hydrogen (secondary N) is 1. The van der Waals surface area contributed by atoms with Crippen molar-refractivity contribution < 1.29 is 9.53 Å². The molecule has 4 nitrogen and oxygen atoms in total. The highest BCUT2D eigenvalue weighted by atomic mass is 35.5. The van der Waals surface area contributed by atoms with E-state index in [0.717, 1.165) is 13.1 Å². The van der Waals surface area contributed by atoms with E-state index in [2.05, 4.69) is 5.32 Å². The minimum atomic E-state index is -0.0224. The third-order valence-electron chi connectivity index (χ3n) is 2.80. The van der Waals surface area contributed by atoms with Crippen molar-refractivity contribution in [1.82, 2.24) is 10.2 Å². The molecule has 1 aliphatic heterocycles. The standard InChI is InChI=1S/C12H15ClN2O2/c1-17-11-3-2-9(13)8-10(11)12(16)15-6-4-14-5-7-15/h2-3,8,14H,4-7H2,1H3. The summed E-state index contributed by atoms with van der Waals surface area (Å²) < 4.78 is 5.19. The molecule has 0 spiro atoms. The summed E-state index contributed by atoms with van der Waals surface area (Å²) >= 11 is 5.92. The number of hydrogen-bond donors (Lipinski definition) is 1. The Morgan fingerprint density at radius 2 is 2.12 bits per heavy atom. The van der Waals surface area contributed by atoms with E-state index in [1.54, 1.807) is 25.3 Å². The number of carbonyl (C=O) groups is 1. The summed E-state index contributed by atoms with van der Waals surface area (Å²) in [5.41, 5.74) is 0.530. The Hall–Kier alpha value is -1.26. The molecular weight excluding hydrogens is 240 g/mol. The summed E-state index contributed by atoms with van der Waals surface area (Å²) in [5, 5.41) is 3.76. The van der Waals surface area contributed by atoms with E-state index >= 15 is 0 Å². The predicted molar refractivity (Wildman–Crippen MR) is 66.8 cm³/mol. The highest BCUT2D eigenvalue weighted by Crippen LogP contribution is 2.24. The van der Waals surface area contributed by atoms with Gasteiger partial charge < -0.3 is 15.0 Å². The molecule has 0 aromatic heterocycles. The Kier molecular flexibility index (Phi) is 3.86. The number of halogens is 1. The van der Waals surface area contributed by atoms with Crippen LogP contribution in [0.3, 0.4) is 0 Å². The Morgan fingerprint density at radius 1 is 1.41 bits per heavy atom. The molecule has 2 rings (SSSR count). The third kappa shape index (κ3) is 2.70. The highest BCUT2D eigenvalue weighted by Gasteiger charge is 2.21. The lowest BCUT2D eigenvalue weighted by Crippen LogP contribution is -2.46. The fourth-order valence-corrected chi connectivity index (χ4v) is 2.06. The van der Waals surface area contributed by atoms with E-state index in [4.69, 9.17) is 16.3 Å². The van der Waals surface area contributed by atoms with E-state index in [0.29, 0.717) is 29.4 Å². The lowest BCUT2D eigenvalue weighted by atomic mass is 10.1. The molecule has 1 heterocycles. The van der Waals surface area contributed by atoms with Crippen LogP contribution in [0.5, 0.6) is 5.75 Å². The fraction of sp³-hybridized carbons (Fsp3) is 0.417. The lowest BCUT2D eigenvalue weighted by Gasteiger charge is -2.28. The maximum absolute atomic E-state index is 12.3. The molecule has 1 aromatic carbocycles. The van der Waals surface area contributed by atoms with Crippen molar-refractivity contribution in [3.05, 3.63) is 28.8 Å². The molecule has 1 fully saturated rings. The van der Waals surface area contributed by atoms with Gasteiger partial charge in [0, 0.05) is 31.2 Å². The largest absolute Gasteiger partial charge is 0.496 e. The van der Waals surface area contributed by atoms with Crippen LogP contribution in [-0.2, 0) is 0 Å². The van der Waals surface area contributed by atoms with Crippen molar-refractivity contribution in [1.29, 1.82) is 0 Å². The van der Waals surface area contributed by atoms with Gasteiger partial charge in [-0.3, -0.25) is 4.79 Å². The Bertz CT molecular complexity index is 417. The highest BCUT2D eigenvalue weighted by molar-refractivity contribution is 6.31. The first-order valence-corrected chi connectivity index (χ1v) is 5.93. The number of piperazine rings is 1. The van der Waals surface area contributed by atoms with Crippen LogP contribution in [0.1, 0.15) is 10.4 Å². The molecule has 1 aromatic rings. The molecule has 0 bridgehead atoms. The van der Waals surface area contributed by atoms with E-state index < -0.39 is 0 Å². The van der Waals surface area contributed by atoms with E-state index in [9.17, 15) is 4.79 Å². The second-order valence-corrected chi connectivity index (χ2v) is 4.32. The second-order valence-electron chi connectivity index (χ2n) is 3.89. The molecule has 1 N–H and O–H groups in total. The van der Waals surface area contributed by atoms with Crippen LogP contribution in [0.15, 0.2) is 18.2 Å². The molecule has 92 valence electrons. The van der Waals surface area contributed by atoms with Crippen LogP contribution in [0.2, 0.25) is 5.02 Å². The molecule has 0 atom stereocenters. The van der Waals surface area contributed by atoms with Crippen LogP contribution in [0.4, 0.5) is 0 Å². The van der Waals surface area contributed by atoms with Crippen molar-refractivity contribution in [2.75, 3.05) is 33.3 Å². The number of carbonyl (C=O) groups excluding carboxylic acids is 1. The number of hydrogen-bond acceptors (Lipinski definition) is 3. The van der Waals surface area contributed by atoms with Gasteiger partial charge in [-0.15, -0.1) is 0 Å². The van der Waals surface area contributed by atoms with Crippen LogP contribution in [0.25, 0.3) is 0 Å². The Labute approximate surface area is 106 Å². The first-order valence-electron chi connectivity index (χ1n) is 5.56. The molecule has 1 aliphatic rings. The third-order valence-corrected chi connectivity index (χ3v) is 3.03. The summed E-state index contributed by atoms with van der Waals surface area (Å²) in [7, 11) is 1.55. The van der Waals surface area contributed by atoms with Gasteiger partial charge in [-0.05, 0) is 18.2 Å². The van der Waals surface area contributed by atoms with Gasteiger partial charge in [0.15, 0.2) is 0 Å². The number of benzene rings is 1. The smallest absolute Gasteiger partial charge is 0.257 e. The lowest BCUT2D eigenvalue weighted by molar-refractivity contribution is 0.0732. The summed E-state index contributed by atoms with van der Waals surface area (Å²) in [6.45, 7) is 3.09. The first kappa shape index (κ1) is 12.2. The van der Waals surface area contributed by atoms with Gasteiger partial charge >= 0.3 is 0 Å².